The first-order valence-electron chi connectivity index (χ1n) is 4.77. The lowest BCUT2D eigenvalue weighted by molar-refractivity contribution is -0.140. The third-order valence-electron chi connectivity index (χ3n) is 2.21. The first-order chi connectivity index (χ1) is 7.31. The van der Waals surface area contributed by atoms with Gasteiger partial charge < -0.3 is 0 Å². The van der Waals surface area contributed by atoms with E-state index in [1.165, 1.54) is 11.3 Å². The van der Waals surface area contributed by atoms with E-state index in [0.717, 1.165) is 10.6 Å². The molecule has 1 rings (SSSR count). The van der Waals surface area contributed by atoms with Gasteiger partial charge in [-0.3, -0.25) is 11.3 Å². The van der Waals surface area contributed by atoms with Gasteiger partial charge in [0, 0.05) is 17.3 Å². The van der Waals surface area contributed by atoms with E-state index >= 15 is 0 Å². The summed E-state index contributed by atoms with van der Waals surface area (Å²) in [7, 11) is 0. The number of hydrogen-bond donors (Lipinski definition) is 2. The van der Waals surface area contributed by atoms with Crippen molar-refractivity contribution in [3.8, 4) is 0 Å². The summed E-state index contributed by atoms with van der Waals surface area (Å²) in [5.41, 5.74) is 3.05. The van der Waals surface area contributed by atoms with Crippen LogP contribution in [-0.2, 0) is 6.42 Å². The molecule has 0 bridgehead atoms. The smallest absolute Gasteiger partial charge is 0.271 e. The molecule has 0 saturated heterocycles. The van der Waals surface area contributed by atoms with Crippen molar-refractivity contribution >= 4 is 11.3 Å². The molecule has 1 atom stereocenters. The zero-order chi connectivity index (χ0) is 12.3. The summed E-state index contributed by atoms with van der Waals surface area (Å²) in [4.78, 5) is 5.21. The minimum Gasteiger partial charge on any atom is -0.271 e. The van der Waals surface area contributed by atoms with Crippen LogP contribution in [0.25, 0.3) is 0 Å². The molecule has 0 aromatic carbocycles. The molecule has 0 fully saturated rings. The van der Waals surface area contributed by atoms with Crippen LogP contribution in [0, 0.1) is 13.8 Å². The van der Waals surface area contributed by atoms with Crippen LogP contribution in [0.3, 0.4) is 0 Å². The van der Waals surface area contributed by atoms with Gasteiger partial charge >= 0.3 is 6.18 Å². The van der Waals surface area contributed by atoms with Crippen molar-refractivity contribution < 1.29 is 13.2 Å². The first kappa shape index (κ1) is 13.4. The highest BCUT2D eigenvalue weighted by molar-refractivity contribution is 7.11. The van der Waals surface area contributed by atoms with E-state index in [2.05, 4.69) is 10.4 Å². The fourth-order valence-corrected chi connectivity index (χ4v) is 2.32. The maximum atomic E-state index is 12.2. The lowest BCUT2D eigenvalue weighted by Gasteiger charge is -2.16. The molecule has 1 aromatic rings. The summed E-state index contributed by atoms with van der Waals surface area (Å²) < 4.78 is 36.5. The molecule has 0 aliphatic heterocycles. The van der Waals surface area contributed by atoms with Crippen LogP contribution < -0.4 is 11.3 Å². The zero-order valence-electron chi connectivity index (χ0n) is 9.06. The van der Waals surface area contributed by atoms with Crippen LogP contribution in [0.15, 0.2) is 0 Å². The van der Waals surface area contributed by atoms with Crippen molar-refractivity contribution in [3.63, 3.8) is 0 Å². The number of thiazole rings is 1. The molecular formula is C9H14F3N3S. The number of hydrogen-bond acceptors (Lipinski definition) is 4. The highest BCUT2D eigenvalue weighted by Crippen LogP contribution is 2.24. The number of rotatable bonds is 4. The molecule has 0 aliphatic carbocycles. The molecule has 16 heavy (non-hydrogen) atoms. The molecule has 1 heterocycles. The monoisotopic (exact) mass is 253 g/mol. The Labute approximate surface area is 95.8 Å². The first-order valence-corrected chi connectivity index (χ1v) is 5.59. The van der Waals surface area contributed by atoms with Gasteiger partial charge in [0.2, 0.25) is 0 Å². The summed E-state index contributed by atoms with van der Waals surface area (Å²) in [6, 6.07) is -0.815. The highest BCUT2D eigenvalue weighted by atomic mass is 32.1. The highest BCUT2D eigenvalue weighted by Gasteiger charge is 2.31. The molecule has 0 aliphatic rings. The number of aryl methyl sites for hydroxylation is 2. The van der Waals surface area contributed by atoms with Crippen molar-refractivity contribution in [1.29, 1.82) is 0 Å². The van der Waals surface area contributed by atoms with Gasteiger partial charge in [-0.2, -0.15) is 13.2 Å². The number of nitrogens with two attached hydrogens (primary N) is 1. The van der Waals surface area contributed by atoms with Crippen LogP contribution in [0.2, 0.25) is 0 Å². The SMILES string of the molecule is Cc1nc(CC(CC(F)(F)F)NN)sc1C. The lowest BCUT2D eigenvalue weighted by atomic mass is 10.1. The molecular weight excluding hydrogens is 239 g/mol. The van der Waals surface area contributed by atoms with E-state index in [1.807, 2.05) is 13.8 Å². The van der Waals surface area contributed by atoms with E-state index in [1.54, 1.807) is 0 Å². The molecule has 0 radical (unpaired) electrons. The Balaban J connectivity index is 2.63. The van der Waals surface area contributed by atoms with Crippen molar-refractivity contribution in [2.45, 2.75) is 38.9 Å². The van der Waals surface area contributed by atoms with Gasteiger partial charge in [-0.25, -0.2) is 4.98 Å². The van der Waals surface area contributed by atoms with Crippen molar-refractivity contribution in [2.75, 3.05) is 0 Å². The van der Waals surface area contributed by atoms with E-state index < -0.39 is 18.6 Å². The predicted octanol–water partition coefficient (Wildman–Crippen LogP) is 2.09. The molecule has 1 aromatic heterocycles. The van der Waals surface area contributed by atoms with Crippen LogP contribution >= 0.6 is 11.3 Å². The number of aromatic nitrogens is 1. The normalized spacial score (nSPS) is 14.1. The molecule has 7 heteroatoms. The topological polar surface area (TPSA) is 50.9 Å². The maximum absolute atomic E-state index is 12.2. The van der Waals surface area contributed by atoms with E-state index in [-0.39, 0.29) is 6.42 Å². The summed E-state index contributed by atoms with van der Waals surface area (Å²) >= 11 is 1.41. The lowest BCUT2D eigenvalue weighted by Crippen LogP contribution is -2.40. The average molecular weight is 253 g/mol. The summed E-state index contributed by atoms with van der Waals surface area (Å²) in [6.45, 7) is 3.73. The Hall–Kier alpha value is -0.660. The number of nitrogens with zero attached hydrogens (tertiary/aromatic N) is 1. The largest absolute Gasteiger partial charge is 0.390 e. The zero-order valence-corrected chi connectivity index (χ0v) is 9.87. The van der Waals surface area contributed by atoms with E-state index in [4.69, 9.17) is 5.84 Å². The number of alkyl halides is 3. The second-order valence-corrected chi connectivity index (χ2v) is 4.92. The molecule has 3 N–H and O–H groups in total. The fourth-order valence-electron chi connectivity index (χ4n) is 1.31. The van der Waals surface area contributed by atoms with Gasteiger partial charge in [-0.15, -0.1) is 11.3 Å². The maximum Gasteiger partial charge on any atom is 0.390 e. The molecule has 0 spiro atoms. The van der Waals surface area contributed by atoms with Gasteiger partial charge in [0.05, 0.1) is 17.1 Å². The fraction of sp³-hybridized carbons (Fsp3) is 0.667. The van der Waals surface area contributed by atoms with Crippen molar-refractivity contribution in [1.82, 2.24) is 10.4 Å². The number of nitrogens with one attached hydrogen (secondary N) is 1. The van der Waals surface area contributed by atoms with Gasteiger partial charge in [-0.1, -0.05) is 0 Å². The molecule has 0 saturated carbocycles. The Morgan fingerprint density at radius 2 is 2.06 bits per heavy atom. The summed E-state index contributed by atoms with van der Waals surface area (Å²) in [5.74, 6) is 5.10. The van der Waals surface area contributed by atoms with E-state index in [9.17, 15) is 13.2 Å². The quantitative estimate of drug-likeness (QED) is 0.638. The third-order valence-corrected chi connectivity index (χ3v) is 3.30. The second kappa shape index (κ2) is 5.11. The molecule has 0 amide bonds. The van der Waals surface area contributed by atoms with Crippen LogP contribution in [0.1, 0.15) is 22.0 Å². The van der Waals surface area contributed by atoms with E-state index in [0.29, 0.717) is 5.01 Å². The second-order valence-electron chi connectivity index (χ2n) is 3.64. The Bertz CT molecular complexity index is 329. The van der Waals surface area contributed by atoms with Crippen LogP contribution in [0.5, 0.6) is 0 Å². The van der Waals surface area contributed by atoms with Gasteiger partial charge in [0.25, 0.3) is 0 Å². The summed E-state index contributed by atoms with van der Waals surface area (Å²) in [5, 5.41) is 0.683. The van der Waals surface area contributed by atoms with Gasteiger partial charge in [0.15, 0.2) is 0 Å². The third kappa shape index (κ3) is 4.07. The number of halogens is 3. The van der Waals surface area contributed by atoms with Crippen LogP contribution in [0.4, 0.5) is 13.2 Å². The number of hydrazine groups is 1. The van der Waals surface area contributed by atoms with Gasteiger partial charge in [-0.05, 0) is 13.8 Å². The summed E-state index contributed by atoms with van der Waals surface area (Å²) in [6.07, 6.45) is -4.95. The minimum atomic E-state index is -4.21. The van der Waals surface area contributed by atoms with Crippen molar-refractivity contribution in [2.24, 2.45) is 5.84 Å². The Morgan fingerprint density at radius 1 is 1.44 bits per heavy atom. The predicted molar refractivity (Wildman–Crippen MR) is 57.1 cm³/mol. The van der Waals surface area contributed by atoms with Crippen molar-refractivity contribution in [3.05, 3.63) is 15.6 Å². The Kier molecular flexibility index (Phi) is 4.28. The van der Waals surface area contributed by atoms with Crippen LogP contribution in [-0.4, -0.2) is 17.2 Å². The molecule has 3 nitrogen and oxygen atoms in total. The standard InChI is InChI=1S/C9H14F3N3S/c1-5-6(2)16-8(14-5)3-7(15-13)4-9(10,11)12/h7,15H,3-4,13H2,1-2H3. The molecule has 92 valence electrons. The minimum absolute atomic E-state index is 0.204. The average Bonchev–Trinajstić information content (AvgIpc) is 2.42. The van der Waals surface area contributed by atoms with Gasteiger partial charge in [0.1, 0.15) is 0 Å². The Morgan fingerprint density at radius 3 is 2.44 bits per heavy atom. The molecule has 1 unspecified atom stereocenters.